The molecular formula is C16H33NO4. The van der Waals surface area contributed by atoms with Crippen LogP contribution < -0.4 is 5.32 Å². The van der Waals surface area contributed by atoms with Gasteiger partial charge in [0.15, 0.2) is 0 Å². The molecule has 0 heterocycles. The number of carbonyl (C=O) groups excluding carboxylic acids is 1. The summed E-state index contributed by atoms with van der Waals surface area (Å²) in [5, 5.41) is 11.6. The first-order chi connectivity index (χ1) is 9.67. The number of rotatable bonds is 7. The van der Waals surface area contributed by atoms with Gasteiger partial charge in [-0.2, -0.15) is 0 Å². The van der Waals surface area contributed by atoms with Crippen molar-refractivity contribution in [3.05, 3.63) is 0 Å². The lowest BCUT2D eigenvalue weighted by Crippen LogP contribution is -2.33. The van der Waals surface area contributed by atoms with Gasteiger partial charge >= 0.3 is 12.1 Å². The Morgan fingerprint density at radius 1 is 1.14 bits per heavy atom. The molecule has 1 amide bonds. The van der Waals surface area contributed by atoms with E-state index in [4.69, 9.17) is 9.84 Å². The summed E-state index contributed by atoms with van der Waals surface area (Å²) in [6, 6.07) is 0. The van der Waals surface area contributed by atoms with Crippen LogP contribution in [-0.4, -0.2) is 29.3 Å². The van der Waals surface area contributed by atoms with Crippen molar-refractivity contribution < 1.29 is 19.4 Å². The minimum Gasteiger partial charge on any atom is -0.481 e. The summed E-state index contributed by atoms with van der Waals surface area (Å²) in [7, 11) is 0. The van der Waals surface area contributed by atoms with Crippen LogP contribution in [0.3, 0.4) is 0 Å². The van der Waals surface area contributed by atoms with Crippen molar-refractivity contribution in [2.75, 3.05) is 6.54 Å². The summed E-state index contributed by atoms with van der Waals surface area (Å²) in [6.45, 7) is 12.1. The molecule has 0 saturated heterocycles. The Kier molecular flexibility index (Phi) is 13.1. The highest BCUT2D eigenvalue weighted by molar-refractivity contribution is 5.70. The zero-order chi connectivity index (χ0) is 16.9. The first-order valence-electron chi connectivity index (χ1n) is 7.87. The van der Waals surface area contributed by atoms with E-state index in [1.807, 2.05) is 6.92 Å². The van der Waals surface area contributed by atoms with Gasteiger partial charge in [0.1, 0.15) is 5.60 Å². The van der Waals surface area contributed by atoms with Crippen molar-refractivity contribution >= 4 is 12.1 Å². The molecule has 0 aromatic rings. The maximum atomic E-state index is 11.3. The van der Waals surface area contributed by atoms with Gasteiger partial charge in [0, 0.05) is 6.54 Å². The van der Waals surface area contributed by atoms with E-state index in [1.165, 1.54) is 6.42 Å². The van der Waals surface area contributed by atoms with Crippen LogP contribution in [0.2, 0.25) is 0 Å². The highest BCUT2D eigenvalue weighted by Gasteiger charge is 2.17. The maximum absolute atomic E-state index is 11.3. The number of nitrogens with one attached hydrogen (secondary N) is 1. The number of alkyl carbamates (subject to hydrolysis) is 1. The van der Waals surface area contributed by atoms with Gasteiger partial charge in [-0.25, -0.2) is 4.79 Å². The van der Waals surface area contributed by atoms with Crippen LogP contribution in [0.15, 0.2) is 0 Å². The van der Waals surface area contributed by atoms with Crippen molar-refractivity contribution in [3.8, 4) is 0 Å². The Bertz CT molecular complexity index is 284. The van der Waals surface area contributed by atoms with Crippen LogP contribution in [0.1, 0.15) is 73.6 Å². The third-order valence-electron chi connectivity index (χ3n) is 2.38. The molecular weight excluding hydrogens is 270 g/mol. The molecule has 0 aliphatic rings. The van der Waals surface area contributed by atoms with Crippen molar-refractivity contribution in [1.82, 2.24) is 5.32 Å². The van der Waals surface area contributed by atoms with Gasteiger partial charge in [-0.3, -0.25) is 4.79 Å². The average Bonchev–Trinajstić information content (AvgIpc) is 2.31. The van der Waals surface area contributed by atoms with Crippen LogP contribution in [-0.2, 0) is 9.53 Å². The normalized spacial score (nSPS) is 11.9. The molecule has 2 N–H and O–H groups in total. The van der Waals surface area contributed by atoms with E-state index >= 15 is 0 Å². The number of hydrogen-bond acceptors (Lipinski definition) is 3. The third kappa shape index (κ3) is 16.7. The van der Waals surface area contributed by atoms with Gasteiger partial charge in [0.05, 0.1) is 5.92 Å². The Hall–Kier alpha value is -1.26. The zero-order valence-corrected chi connectivity index (χ0v) is 14.5. The molecule has 0 saturated carbocycles. The summed E-state index contributed by atoms with van der Waals surface area (Å²) >= 11 is 0. The summed E-state index contributed by atoms with van der Waals surface area (Å²) < 4.78 is 5.07. The number of carboxylic acid groups (broad SMARTS) is 1. The molecule has 0 radical (unpaired) electrons. The largest absolute Gasteiger partial charge is 0.481 e. The van der Waals surface area contributed by atoms with Gasteiger partial charge in [-0.15, -0.1) is 0 Å². The van der Waals surface area contributed by atoms with Gasteiger partial charge in [0.2, 0.25) is 0 Å². The molecule has 0 aliphatic carbocycles. The highest BCUT2D eigenvalue weighted by Crippen LogP contribution is 2.13. The zero-order valence-electron chi connectivity index (χ0n) is 14.5. The second-order valence-corrected chi connectivity index (χ2v) is 6.10. The number of carboxylic acids is 1. The van der Waals surface area contributed by atoms with Crippen molar-refractivity contribution in [2.45, 2.75) is 79.2 Å². The van der Waals surface area contributed by atoms with Crippen molar-refractivity contribution in [1.29, 1.82) is 0 Å². The van der Waals surface area contributed by atoms with Crippen LogP contribution >= 0.6 is 0 Å². The molecule has 21 heavy (non-hydrogen) atoms. The van der Waals surface area contributed by atoms with Crippen LogP contribution in [0.4, 0.5) is 4.79 Å². The summed E-state index contributed by atoms with van der Waals surface area (Å²) in [5.41, 5.74) is -0.504. The molecule has 5 nitrogen and oxygen atoms in total. The molecule has 0 aromatic carbocycles. The molecule has 0 fully saturated rings. The lowest BCUT2D eigenvalue weighted by molar-refractivity contribution is -0.142. The third-order valence-corrected chi connectivity index (χ3v) is 2.38. The highest BCUT2D eigenvalue weighted by atomic mass is 16.6. The Morgan fingerprint density at radius 2 is 1.67 bits per heavy atom. The molecule has 0 aromatic heterocycles. The van der Waals surface area contributed by atoms with E-state index in [0.29, 0.717) is 25.8 Å². The van der Waals surface area contributed by atoms with E-state index in [0.717, 1.165) is 6.42 Å². The Balaban J connectivity index is 0. The molecule has 0 aliphatic heterocycles. The Morgan fingerprint density at radius 3 is 2.05 bits per heavy atom. The van der Waals surface area contributed by atoms with E-state index in [9.17, 15) is 9.59 Å². The quantitative estimate of drug-likeness (QED) is 0.691. The number of carbonyl (C=O) groups is 2. The Labute approximate surface area is 129 Å². The fourth-order valence-corrected chi connectivity index (χ4v) is 1.59. The van der Waals surface area contributed by atoms with E-state index < -0.39 is 17.7 Å². The number of amides is 1. The molecule has 126 valence electrons. The SMILES string of the molecule is CCC.CCCC(CCCNC(=O)OC(C)(C)C)C(=O)O. The van der Waals surface area contributed by atoms with E-state index in [-0.39, 0.29) is 5.92 Å². The maximum Gasteiger partial charge on any atom is 0.407 e. The molecule has 0 spiro atoms. The molecule has 0 bridgehead atoms. The molecule has 5 heteroatoms. The fraction of sp³-hybridized carbons (Fsp3) is 0.875. The van der Waals surface area contributed by atoms with Crippen LogP contribution in [0.25, 0.3) is 0 Å². The van der Waals surface area contributed by atoms with Gasteiger partial charge < -0.3 is 15.2 Å². The summed E-state index contributed by atoms with van der Waals surface area (Å²) in [5.74, 6) is -1.07. The van der Waals surface area contributed by atoms with Crippen molar-refractivity contribution in [3.63, 3.8) is 0 Å². The van der Waals surface area contributed by atoms with Crippen LogP contribution in [0, 0.1) is 5.92 Å². The van der Waals surface area contributed by atoms with Gasteiger partial charge in [0.25, 0.3) is 0 Å². The standard InChI is InChI=1S/C13H25NO4.C3H8/c1-5-7-10(11(15)16)8-6-9-14-12(17)18-13(2,3)4;1-3-2/h10H,5-9H2,1-4H3,(H,14,17)(H,15,16);3H2,1-2H3. The molecule has 1 unspecified atom stereocenters. The second-order valence-electron chi connectivity index (χ2n) is 6.10. The summed E-state index contributed by atoms with van der Waals surface area (Å²) in [6.07, 6.45) is 3.57. The van der Waals surface area contributed by atoms with E-state index in [1.54, 1.807) is 20.8 Å². The first-order valence-corrected chi connectivity index (χ1v) is 7.87. The van der Waals surface area contributed by atoms with Crippen LogP contribution in [0.5, 0.6) is 0 Å². The average molecular weight is 303 g/mol. The fourth-order valence-electron chi connectivity index (χ4n) is 1.59. The topological polar surface area (TPSA) is 75.6 Å². The van der Waals surface area contributed by atoms with E-state index in [2.05, 4.69) is 19.2 Å². The van der Waals surface area contributed by atoms with Gasteiger partial charge in [-0.05, 0) is 40.0 Å². The number of hydrogen-bond donors (Lipinski definition) is 2. The minimum atomic E-state index is -0.755. The molecule has 1 atom stereocenters. The second kappa shape index (κ2) is 12.5. The predicted molar refractivity (Wildman–Crippen MR) is 85.5 cm³/mol. The number of aliphatic carboxylic acids is 1. The lowest BCUT2D eigenvalue weighted by Gasteiger charge is -2.19. The monoisotopic (exact) mass is 303 g/mol. The first kappa shape index (κ1) is 22.0. The van der Waals surface area contributed by atoms with Crippen molar-refractivity contribution in [2.24, 2.45) is 5.92 Å². The lowest BCUT2D eigenvalue weighted by atomic mass is 9.98. The minimum absolute atomic E-state index is 0.310. The van der Waals surface area contributed by atoms with Gasteiger partial charge in [-0.1, -0.05) is 33.6 Å². The molecule has 0 rings (SSSR count). The predicted octanol–water partition coefficient (Wildman–Crippen LogP) is 4.21. The smallest absolute Gasteiger partial charge is 0.407 e. The number of ether oxygens (including phenoxy) is 1. The summed E-state index contributed by atoms with van der Waals surface area (Å²) in [4.78, 5) is 22.2.